The van der Waals surface area contributed by atoms with Gasteiger partial charge < -0.3 is 30.4 Å². The normalized spacial score (nSPS) is 10.9. The molecule has 0 bridgehead atoms. The van der Waals surface area contributed by atoms with Gasteiger partial charge in [0, 0.05) is 34.7 Å². The predicted molar refractivity (Wildman–Crippen MR) is 173 cm³/mol. The summed E-state index contributed by atoms with van der Waals surface area (Å²) in [5, 5.41) is 37.1. The largest absolute Gasteiger partial charge is 0.481 e. The van der Waals surface area contributed by atoms with Crippen molar-refractivity contribution >= 4 is 45.7 Å². The minimum atomic E-state index is -1.24. The third-order valence-corrected chi connectivity index (χ3v) is 7.81. The van der Waals surface area contributed by atoms with Gasteiger partial charge in [-0.3, -0.25) is 9.59 Å². The zero-order valence-corrected chi connectivity index (χ0v) is 25.1. The number of fused-ring (bicyclic) bond motifs is 2. The van der Waals surface area contributed by atoms with Gasteiger partial charge in [-0.1, -0.05) is 84.9 Å². The third-order valence-electron chi connectivity index (χ3n) is 7.81. The Morgan fingerprint density at radius 1 is 0.521 bits per heavy atom. The molecule has 6 aromatic rings. The van der Waals surface area contributed by atoms with Crippen molar-refractivity contribution in [3.8, 4) is 22.3 Å². The minimum absolute atomic E-state index is 0.0150. The van der Waals surface area contributed by atoms with Gasteiger partial charge in [0.1, 0.15) is 11.4 Å². The summed E-state index contributed by atoms with van der Waals surface area (Å²) in [6.45, 7) is 0. The molecular formula is C36H28F2N2O8. The molecule has 0 aliphatic carbocycles. The number of aliphatic carboxylic acids is 2. The molecule has 0 amide bonds. The van der Waals surface area contributed by atoms with E-state index in [1.165, 1.54) is 0 Å². The second-order valence-corrected chi connectivity index (χ2v) is 10.8. The molecule has 0 saturated carbocycles. The third kappa shape index (κ3) is 6.77. The van der Waals surface area contributed by atoms with E-state index >= 15 is 0 Å². The summed E-state index contributed by atoms with van der Waals surface area (Å²) in [5.74, 6) is -5.67. The SMILES string of the molecule is O=C(O)CCc1c(C(=O)O)[nH]c2c(F)c(-c3ccccc3)ccc12.O=C(O)CCc1c(C(=O)O)[nH]c2c(F)c(-c3ccccc3)ccc12. The molecule has 2 heterocycles. The Balaban J connectivity index is 0.000000188. The van der Waals surface area contributed by atoms with Crippen molar-refractivity contribution < 1.29 is 48.4 Å². The molecule has 48 heavy (non-hydrogen) atoms. The van der Waals surface area contributed by atoms with Crippen LogP contribution in [0.15, 0.2) is 84.9 Å². The van der Waals surface area contributed by atoms with Crippen LogP contribution in [0.1, 0.15) is 44.9 Å². The average molecular weight is 655 g/mol. The highest BCUT2D eigenvalue weighted by Gasteiger charge is 2.23. The first kappa shape index (κ1) is 33.1. The molecule has 0 fully saturated rings. The summed E-state index contributed by atoms with van der Waals surface area (Å²) >= 11 is 0. The van der Waals surface area contributed by atoms with Crippen LogP contribution < -0.4 is 0 Å². The van der Waals surface area contributed by atoms with Gasteiger partial charge in [-0.25, -0.2) is 18.4 Å². The number of carbonyl (C=O) groups is 4. The quantitative estimate of drug-likeness (QED) is 0.0885. The highest BCUT2D eigenvalue weighted by molar-refractivity contribution is 6.00. The molecule has 0 radical (unpaired) electrons. The summed E-state index contributed by atoms with van der Waals surface area (Å²) in [6.07, 6.45) is -0.424. The van der Waals surface area contributed by atoms with E-state index in [0.29, 0.717) is 44.2 Å². The Kier molecular flexibility index (Phi) is 9.64. The summed E-state index contributed by atoms with van der Waals surface area (Å²) in [6, 6.07) is 24.2. The van der Waals surface area contributed by atoms with Gasteiger partial charge in [-0.05, 0) is 35.1 Å². The fraction of sp³-hybridized carbons (Fsp3) is 0.111. The molecule has 0 aliphatic rings. The molecule has 0 spiro atoms. The van der Waals surface area contributed by atoms with E-state index in [1.807, 2.05) is 12.1 Å². The smallest absolute Gasteiger partial charge is 0.352 e. The molecule has 0 aliphatic heterocycles. The number of aryl methyl sites for hydroxylation is 2. The van der Waals surface area contributed by atoms with Crippen molar-refractivity contribution in [1.82, 2.24) is 9.97 Å². The lowest BCUT2D eigenvalue weighted by Gasteiger charge is -2.05. The number of carboxylic acids is 4. The Hall–Kier alpha value is -6.30. The van der Waals surface area contributed by atoms with E-state index < -0.39 is 35.5 Å². The van der Waals surface area contributed by atoms with E-state index in [4.69, 9.17) is 10.2 Å². The molecule has 4 aromatic carbocycles. The maximum atomic E-state index is 14.9. The van der Waals surface area contributed by atoms with Crippen LogP contribution in [0.2, 0.25) is 0 Å². The number of hydrogen-bond acceptors (Lipinski definition) is 4. The van der Waals surface area contributed by atoms with E-state index in [-0.39, 0.29) is 48.1 Å². The number of H-pyrrole nitrogens is 2. The fourth-order valence-corrected chi connectivity index (χ4v) is 5.60. The van der Waals surface area contributed by atoms with Crippen LogP contribution in [0.4, 0.5) is 8.78 Å². The van der Waals surface area contributed by atoms with Crippen molar-refractivity contribution in [1.29, 1.82) is 0 Å². The highest BCUT2D eigenvalue weighted by atomic mass is 19.1. The number of aromatic amines is 2. The van der Waals surface area contributed by atoms with E-state index in [2.05, 4.69) is 9.97 Å². The molecule has 0 atom stereocenters. The first-order valence-electron chi connectivity index (χ1n) is 14.6. The van der Waals surface area contributed by atoms with Crippen molar-refractivity contribution in [3.05, 3.63) is 119 Å². The topological polar surface area (TPSA) is 181 Å². The van der Waals surface area contributed by atoms with E-state index in [9.17, 15) is 38.2 Å². The molecule has 2 aromatic heterocycles. The van der Waals surface area contributed by atoms with Crippen LogP contribution >= 0.6 is 0 Å². The van der Waals surface area contributed by atoms with Crippen LogP contribution in [0.5, 0.6) is 0 Å². The molecule has 6 N–H and O–H groups in total. The lowest BCUT2D eigenvalue weighted by atomic mass is 10.0. The number of aromatic nitrogens is 2. The van der Waals surface area contributed by atoms with E-state index in [0.717, 1.165) is 0 Å². The van der Waals surface area contributed by atoms with Crippen LogP contribution in [-0.2, 0) is 22.4 Å². The average Bonchev–Trinajstić information content (AvgIpc) is 3.64. The second-order valence-electron chi connectivity index (χ2n) is 10.8. The zero-order valence-electron chi connectivity index (χ0n) is 25.1. The van der Waals surface area contributed by atoms with Gasteiger partial charge in [0.25, 0.3) is 0 Å². The van der Waals surface area contributed by atoms with Crippen molar-refractivity contribution in [2.24, 2.45) is 0 Å². The molecule has 10 nitrogen and oxygen atoms in total. The lowest BCUT2D eigenvalue weighted by Crippen LogP contribution is -2.04. The summed E-state index contributed by atoms with van der Waals surface area (Å²) < 4.78 is 29.7. The van der Waals surface area contributed by atoms with Gasteiger partial charge in [-0.15, -0.1) is 0 Å². The molecule has 6 rings (SSSR count). The number of carboxylic acid groups (broad SMARTS) is 4. The highest BCUT2D eigenvalue weighted by Crippen LogP contribution is 2.34. The van der Waals surface area contributed by atoms with Crippen molar-refractivity contribution in [3.63, 3.8) is 0 Å². The second kappa shape index (κ2) is 14.0. The van der Waals surface area contributed by atoms with Crippen LogP contribution in [0, 0.1) is 11.6 Å². The molecular weight excluding hydrogens is 626 g/mol. The Morgan fingerprint density at radius 2 is 0.875 bits per heavy atom. The number of benzene rings is 4. The van der Waals surface area contributed by atoms with Gasteiger partial charge >= 0.3 is 23.9 Å². The van der Waals surface area contributed by atoms with Gasteiger partial charge in [0.2, 0.25) is 0 Å². The molecule has 244 valence electrons. The van der Waals surface area contributed by atoms with Crippen molar-refractivity contribution in [2.45, 2.75) is 25.7 Å². The number of hydrogen-bond donors (Lipinski definition) is 6. The molecule has 0 unspecified atom stereocenters. The number of aromatic carboxylic acids is 2. The maximum Gasteiger partial charge on any atom is 0.352 e. The summed E-state index contributed by atoms with van der Waals surface area (Å²) in [4.78, 5) is 49.6. The van der Waals surface area contributed by atoms with Gasteiger partial charge in [0.05, 0.1) is 11.0 Å². The number of rotatable bonds is 10. The van der Waals surface area contributed by atoms with Crippen LogP contribution in [0.25, 0.3) is 44.1 Å². The minimum Gasteiger partial charge on any atom is -0.481 e. The van der Waals surface area contributed by atoms with Gasteiger partial charge in [0.15, 0.2) is 11.6 Å². The number of nitrogens with one attached hydrogen (secondary N) is 2. The standard InChI is InChI=1S/2C18H14FNO4/c2*19-15-11(10-4-2-1-3-5-10)6-7-12-13(8-9-14(21)22)17(18(23)24)20-16(12)15/h2*1-7,20H,8-9H2,(H,21,22)(H,23,24). The Labute approximate surface area is 270 Å². The molecule has 0 saturated heterocycles. The predicted octanol–water partition coefficient (Wildman–Crippen LogP) is 7.38. The first-order chi connectivity index (χ1) is 23.0. The first-order valence-corrected chi connectivity index (χ1v) is 14.6. The molecule has 12 heteroatoms. The maximum absolute atomic E-state index is 14.9. The monoisotopic (exact) mass is 654 g/mol. The van der Waals surface area contributed by atoms with Gasteiger partial charge in [-0.2, -0.15) is 0 Å². The Bertz CT molecular complexity index is 2020. The summed E-state index contributed by atoms with van der Waals surface area (Å²) in [7, 11) is 0. The fourth-order valence-electron chi connectivity index (χ4n) is 5.60. The number of halogens is 2. The van der Waals surface area contributed by atoms with E-state index in [1.54, 1.807) is 72.8 Å². The zero-order chi connectivity index (χ0) is 34.5. The Morgan fingerprint density at radius 3 is 1.19 bits per heavy atom. The van der Waals surface area contributed by atoms with Crippen molar-refractivity contribution in [2.75, 3.05) is 0 Å². The van der Waals surface area contributed by atoms with Crippen LogP contribution in [-0.4, -0.2) is 54.3 Å². The summed E-state index contributed by atoms with van der Waals surface area (Å²) in [5.41, 5.74) is 2.48. The van der Waals surface area contributed by atoms with Crippen LogP contribution in [0.3, 0.4) is 0 Å². The lowest BCUT2D eigenvalue weighted by molar-refractivity contribution is -0.138.